The van der Waals surface area contributed by atoms with Crippen LogP contribution in [0.4, 0.5) is 5.69 Å². The monoisotopic (exact) mass is 331 g/mol. The standard InChI is InChI=1S/C17H18BrNO/c1-11(2)13-4-6-14(7-5-13)17(20)19-16-9-12(3)8-15(18)10-16/h4-11H,1-3H3,(H,19,20). The summed E-state index contributed by atoms with van der Waals surface area (Å²) in [6.45, 7) is 6.27. The molecule has 0 heterocycles. The van der Waals surface area contributed by atoms with Crippen LogP contribution in [0.15, 0.2) is 46.9 Å². The number of amides is 1. The van der Waals surface area contributed by atoms with Gasteiger partial charge in [-0.1, -0.05) is 41.9 Å². The number of benzene rings is 2. The van der Waals surface area contributed by atoms with Gasteiger partial charge in [-0.2, -0.15) is 0 Å². The number of hydrogen-bond donors (Lipinski definition) is 1. The number of anilines is 1. The molecular formula is C17H18BrNO. The van der Waals surface area contributed by atoms with E-state index in [1.54, 1.807) is 0 Å². The predicted molar refractivity (Wildman–Crippen MR) is 87.4 cm³/mol. The number of rotatable bonds is 3. The smallest absolute Gasteiger partial charge is 0.255 e. The van der Waals surface area contributed by atoms with E-state index in [0.29, 0.717) is 11.5 Å². The van der Waals surface area contributed by atoms with Gasteiger partial charge in [-0.15, -0.1) is 0 Å². The molecule has 3 heteroatoms. The highest BCUT2D eigenvalue weighted by molar-refractivity contribution is 9.10. The van der Waals surface area contributed by atoms with Gasteiger partial charge in [0.25, 0.3) is 5.91 Å². The molecule has 0 aliphatic carbocycles. The van der Waals surface area contributed by atoms with Crippen LogP contribution in [0.25, 0.3) is 0 Å². The Bertz CT molecular complexity index is 597. The number of carbonyl (C=O) groups is 1. The SMILES string of the molecule is Cc1cc(Br)cc(NC(=O)c2ccc(C(C)C)cc2)c1. The first-order valence-corrected chi connectivity index (χ1v) is 7.43. The first-order chi connectivity index (χ1) is 9.45. The van der Waals surface area contributed by atoms with E-state index >= 15 is 0 Å². The topological polar surface area (TPSA) is 29.1 Å². The lowest BCUT2D eigenvalue weighted by Crippen LogP contribution is -2.12. The number of nitrogens with one attached hydrogen (secondary N) is 1. The van der Waals surface area contributed by atoms with Gasteiger partial charge in [0.2, 0.25) is 0 Å². The average molecular weight is 332 g/mol. The Hall–Kier alpha value is -1.61. The summed E-state index contributed by atoms with van der Waals surface area (Å²) in [5.41, 5.74) is 3.81. The van der Waals surface area contributed by atoms with E-state index in [1.165, 1.54) is 5.56 Å². The highest BCUT2D eigenvalue weighted by atomic mass is 79.9. The molecule has 0 aromatic heterocycles. The Morgan fingerprint density at radius 3 is 2.30 bits per heavy atom. The van der Waals surface area contributed by atoms with Gasteiger partial charge in [0.15, 0.2) is 0 Å². The molecule has 0 saturated heterocycles. The van der Waals surface area contributed by atoms with Gasteiger partial charge < -0.3 is 5.32 Å². The molecule has 0 radical (unpaired) electrons. The molecule has 2 nitrogen and oxygen atoms in total. The molecule has 0 saturated carbocycles. The Kier molecular flexibility index (Phi) is 4.61. The third-order valence-corrected chi connectivity index (χ3v) is 3.60. The number of carbonyl (C=O) groups excluding carboxylic acids is 1. The van der Waals surface area contributed by atoms with Crippen molar-refractivity contribution in [3.8, 4) is 0 Å². The van der Waals surface area contributed by atoms with Gasteiger partial charge in [0, 0.05) is 15.7 Å². The van der Waals surface area contributed by atoms with Gasteiger partial charge in [0.1, 0.15) is 0 Å². The third kappa shape index (κ3) is 3.70. The zero-order valence-electron chi connectivity index (χ0n) is 11.9. The van der Waals surface area contributed by atoms with Crippen LogP contribution in [0.3, 0.4) is 0 Å². The van der Waals surface area contributed by atoms with Gasteiger partial charge in [-0.05, 0) is 54.3 Å². The van der Waals surface area contributed by atoms with Gasteiger partial charge >= 0.3 is 0 Å². The summed E-state index contributed by atoms with van der Waals surface area (Å²) in [4.78, 5) is 12.2. The maximum absolute atomic E-state index is 12.2. The van der Waals surface area contributed by atoms with Crippen LogP contribution < -0.4 is 5.32 Å². The summed E-state index contributed by atoms with van der Waals surface area (Å²) in [5.74, 6) is 0.387. The Morgan fingerprint density at radius 2 is 1.75 bits per heavy atom. The van der Waals surface area contributed by atoms with Gasteiger partial charge in [0.05, 0.1) is 0 Å². The second kappa shape index (κ2) is 6.23. The van der Waals surface area contributed by atoms with Crippen molar-refractivity contribution >= 4 is 27.5 Å². The van der Waals surface area contributed by atoms with E-state index in [2.05, 4.69) is 35.1 Å². The van der Waals surface area contributed by atoms with Crippen LogP contribution in [0, 0.1) is 6.92 Å². The molecule has 0 aliphatic rings. The van der Waals surface area contributed by atoms with E-state index in [9.17, 15) is 4.79 Å². The van der Waals surface area contributed by atoms with Crippen LogP contribution in [-0.4, -0.2) is 5.91 Å². The largest absolute Gasteiger partial charge is 0.322 e. The molecule has 0 aliphatic heterocycles. The molecule has 104 valence electrons. The molecule has 1 amide bonds. The molecule has 0 spiro atoms. The van der Waals surface area contributed by atoms with Crippen molar-refractivity contribution in [2.45, 2.75) is 26.7 Å². The molecule has 0 bridgehead atoms. The maximum atomic E-state index is 12.2. The van der Waals surface area contributed by atoms with Crippen molar-refractivity contribution in [2.75, 3.05) is 5.32 Å². The zero-order chi connectivity index (χ0) is 14.7. The molecule has 20 heavy (non-hydrogen) atoms. The molecule has 2 rings (SSSR count). The summed E-state index contributed by atoms with van der Waals surface area (Å²) in [6.07, 6.45) is 0. The van der Waals surface area contributed by atoms with Crippen molar-refractivity contribution in [3.63, 3.8) is 0 Å². The summed E-state index contributed by atoms with van der Waals surface area (Å²) < 4.78 is 0.961. The summed E-state index contributed by atoms with van der Waals surface area (Å²) in [6, 6.07) is 13.6. The Labute approximate surface area is 128 Å². The number of aryl methyl sites for hydroxylation is 1. The van der Waals surface area contributed by atoms with Crippen LogP contribution in [0.5, 0.6) is 0 Å². The average Bonchev–Trinajstić information content (AvgIpc) is 2.37. The number of hydrogen-bond acceptors (Lipinski definition) is 1. The lowest BCUT2D eigenvalue weighted by atomic mass is 10.0. The highest BCUT2D eigenvalue weighted by Gasteiger charge is 2.07. The first-order valence-electron chi connectivity index (χ1n) is 6.64. The molecule has 2 aromatic rings. The van der Waals surface area contributed by atoms with Crippen molar-refractivity contribution in [3.05, 3.63) is 63.6 Å². The minimum Gasteiger partial charge on any atom is -0.322 e. The Balaban J connectivity index is 2.15. The second-order valence-electron chi connectivity index (χ2n) is 5.25. The fourth-order valence-corrected chi connectivity index (χ4v) is 2.64. The normalized spacial score (nSPS) is 10.7. The summed E-state index contributed by atoms with van der Waals surface area (Å²) in [7, 11) is 0. The lowest BCUT2D eigenvalue weighted by Gasteiger charge is -2.09. The first kappa shape index (κ1) is 14.8. The maximum Gasteiger partial charge on any atom is 0.255 e. The molecular weight excluding hydrogens is 314 g/mol. The zero-order valence-corrected chi connectivity index (χ0v) is 13.5. The quantitative estimate of drug-likeness (QED) is 0.829. The molecule has 2 aromatic carbocycles. The molecule has 1 N–H and O–H groups in total. The van der Waals surface area contributed by atoms with Crippen molar-refractivity contribution in [1.82, 2.24) is 0 Å². The van der Waals surface area contributed by atoms with Crippen LogP contribution >= 0.6 is 15.9 Å². The fraction of sp³-hybridized carbons (Fsp3) is 0.235. The molecule has 0 atom stereocenters. The Morgan fingerprint density at radius 1 is 1.10 bits per heavy atom. The predicted octanol–water partition coefficient (Wildman–Crippen LogP) is 5.13. The summed E-state index contributed by atoms with van der Waals surface area (Å²) in [5, 5.41) is 2.92. The van der Waals surface area contributed by atoms with E-state index < -0.39 is 0 Å². The van der Waals surface area contributed by atoms with E-state index in [0.717, 1.165) is 15.7 Å². The lowest BCUT2D eigenvalue weighted by molar-refractivity contribution is 0.102. The minimum absolute atomic E-state index is 0.0854. The van der Waals surface area contributed by atoms with Crippen molar-refractivity contribution in [1.29, 1.82) is 0 Å². The van der Waals surface area contributed by atoms with Crippen LogP contribution in [0.2, 0.25) is 0 Å². The second-order valence-corrected chi connectivity index (χ2v) is 6.16. The number of halogens is 1. The van der Waals surface area contributed by atoms with E-state index in [1.807, 2.05) is 49.4 Å². The molecule has 0 fully saturated rings. The van der Waals surface area contributed by atoms with Crippen molar-refractivity contribution < 1.29 is 4.79 Å². The van der Waals surface area contributed by atoms with Gasteiger partial charge in [-0.3, -0.25) is 4.79 Å². The third-order valence-electron chi connectivity index (χ3n) is 3.14. The molecule has 0 unspecified atom stereocenters. The van der Waals surface area contributed by atoms with E-state index in [4.69, 9.17) is 0 Å². The summed E-state index contributed by atoms with van der Waals surface area (Å²) >= 11 is 3.43. The fourth-order valence-electron chi connectivity index (χ4n) is 2.03. The van der Waals surface area contributed by atoms with Crippen LogP contribution in [0.1, 0.15) is 41.3 Å². The van der Waals surface area contributed by atoms with Crippen LogP contribution in [-0.2, 0) is 0 Å². The van der Waals surface area contributed by atoms with Crippen molar-refractivity contribution in [2.24, 2.45) is 0 Å². The van der Waals surface area contributed by atoms with Gasteiger partial charge in [-0.25, -0.2) is 0 Å². The highest BCUT2D eigenvalue weighted by Crippen LogP contribution is 2.20. The van der Waals surface area contributed by atoms with E-state index in [-0.39, 0.29) is 5.91 Å². The minimum atomic E-state index is -0.0854.